The minimum absolute atomic E-state index is 0.237. The van der Waals surface area contributed by atoms with E-state index in [1.165, 1.54) is 0 Å². The molecule has 104 valence electrons. The summed E-state index contributed by atoms with van der Waals surface area (Å²) in [6.45, 7) is 4.10. The summed E-state index contributed by atoms with van der Waals surface area (Å²) < 4.78 is 11.5. The van der Waals surface area contributed by atoms with Crippen LogP contribution in [0.1, 0.15) is 30.1 Å². The number of ether oxygens (including phenoxy) is 2. The van der Waals surface area contributed by atoms with Crippen LogP contribution in [-0.2, 0) is 0 Å². The molecule has 1 aliphatic rings. The first-order chi connectivity index (χ1) is 9.08. The number of hydrogen-bond acceptors (Lipinski definition) is 4. The van der Waals surface area contributed by atoms with Gasteiger partial charge in [-0.25, -0.2) is 0 Å². The number of rotatable bonds is 4. The Balaban J connectivity index is 2.24. The molecule has 19 heavy (non-hydrogen) atoms. The first-order valence-electron chi connectivity index (χ1n) is 6.58. The molecule has 4 heteroatoms. The number of nitrogens with zero attached hydrogens (tertiary/aromatic N) is 1. The Kier molecular flexibility index (Phi) is 4.10. The fourth-order valence-electron chi connectivity index (χ4n) is 2.34. The molecule has 1 heterocycles. The van der Waals surface area contributed by atoms with Gasteiger partial charge in [-0.1, -0.05) is 6.07 Å². The molecule has 0 radical (unpaired) electrons. The second-order valence-corrected chi connectivity index (χ2v) is 5.35. The number of benzene rings is 1. The van der Waals surface area contributed by atoms with Crippen LogP contribution < -0.4 is 9.47 Å². The minimum atomic E-state index is -0.237. The molecule has 0 saturated carbocycles. The lowest BCUT2D eigenvalue weighted by atomic mass is 9.93. The lowest BCUT2D eigenvalue weighted by molar-refractivity contribution is 0.0215. The van der Waals surface area contributed by atoms with E-state index in [2.05, 4.69) is 18.9 Å². The molecule has 0 aliphatic carbocycles. The van der Waals surface area contributed by atoms with Gasteiger partial charge in [0.1, 0.15) is 5.60 Å². The SMILES string of the molecule is COc1cccc(C=O)c1OC1(C)CCN(C)CC1. The Morgan fingerprint density at radius 2 is 2.00 bits per heavy atom. The number of carbonyl (C=O) groups is 1. The maximum absolute atomic E-state index is 11.1. The largest absolute Gasteiger partial charge is 0.493 e. The molecule has 1 saturated heterocycles. The van der Waals surface area contributed by atoms with Gasteiger partial charge < -0.3 is 14.4 Å². The molecule has 1 aliphatic heterocycles. The van der Waals surface area contributed by atoms with Crippen LogP contribution in [0, 0.1) is 0 Å². The lowest BCUT2D eigenvalue weighted by Gasteiger charge is -2.38. The summed E-state index contributed by atoms with van der Waals surface area (Å²) in [6.07, 6.45) is 2.70. The molecule has 1 aromatic rings. The van der Waals surface area contributed by atoms with Crippen LogP contribution in [0.3, 0.4) is 0 Å². The van der Waals surface area contributed by atoms with Gasteiger partial charge >= 0.3 is 0 Å². The molecule has 1 aromatic carbocycles. The average Bonchev–Trinajstić information content (AvgIpc) is 2.42. The van der Waals surface area contributed by atoms with Crippen molar-refractivity contribution in [1.29, 1.82) is 0 Å². The van der Waals surface area contributed by atoms with Gasteiger partial charge in [-0.15, -0.1) is 0 Å². The Morgan fingerprint density at radius 3 is 2.58 bits per heavy atom. The zero-order valence-electron chi connectivity index (χ0n) is 11.8. The topological polar surface area (TPSA) is 38.8 Å². The third-order valence-corrected chi connectivity index (χ3v) is 3.75. The quantitative estimate of drug-likeness (QED) is 0.782. The van der Waals surface area contributed by atoms with Crippen LogP contribution >= 0.6 is 0 Å². The number of carbonyl (C=O) groups excluding carboxylic acids is 1. The summed E-state index contributed by atoms with van der Waals surface area (Å²) >= 11 is 0. The first kappa shape index (κ1) is 13.9. The van der Waals surface area contributed by atoms with Gasteiger partial charge in [0.2, 0.25) is 0 Å². The number of para-hydroxylation sites is 1. The number of aldehydes is 1. The molecule has 4 nitrogen and oxygen atoms in total. The van der Waals surface area contributed by atoms with E-state index >= 15 is 0 Å². The van der Waals surface area contributed by atoms with Crippen molar-refractivity contribution in [3.05, 3.63) is 23.8 Å². The molecule has 0 unspecified atom stereocenters. The maximum atomic E-state index is 11.1. The molecule has 0 N–H and O–H groups in total. The highest BCUT2D eigenvalue weighted by Crippen LogP contribution is 2.36. The molecule has 2 rings (SSSR count). The van der Waals surface area contributed by atoms with Crippen molar-refractivity contribution in [3.8, 4) is 11.5 Å². The van der Waals surface area contributed by atoms with Gasteiger partial charge in [-0.05, 0) is 38.9 Å². The fourth-order valence-corrected chi connectivity index (χ4v) is 2.34. The maximum Gasteiger partial charge on any atom is 0.172 e. The van der Waals surface area contributed by atoms with Crippen molar-refractivity contribution < 1.29 is 14.3 Å². The Hall–Kier alpha value is -1.55. The molecule has 0 bridgehead atoms. The molecule has 0 atom stereocenters. The van der Waals surface area contributed by atoms with Crippen LogP contribution in [0.2, 0.25) is 0 Å². The molecular formula is C15H21NO3. The van der Waals surface area contributed by atoms with E-state index in [9.17, 15) is 4.79 Å². The van der Waals surface area contributed by atoms with Gasteiger partial charge in [-0.2, -0.15) is 0 Å². The van der Waals surface area contributed by atoms with Crippen molar-refractivity contribution in [3.63, 3.8) is 0 Å². The van der Waals surface area contributed by atoms with Gasteiger partial charge in [0.25, 0.3) is 0 Å². The Bertz CT molecular complexity index is 451. The van der Waals surface area contributed by atoms with Crippen molar-refractivity contribution in [2.24, 2.45) is 0 Å². The number of hydrogen-bond donors (Lipinski definition) is 0. The standard InChI is InChI=1S/C15H21NO3/c1-15(7-9-16(2)10-8-15)19-14-12(11-17)5-4-6-13(14)18-3/h4-6,11H,7-10H2,1-3H3. The highest BCUT2D eigenvalue weighted by atomic mass is 16.5. The van der Waals surface area contributed by atoms with Gasteiger partial charge in [-0.3, -0.25) is 4.79 Å². The number of likely N-dealkylation sites (tertiary alicyclic amines) is 1. The smallest absolute Gasteiger partial charge is 0.172 e. The van der Waals surface area contributed by atoms with E-state index < -0.39 is 0 Å². The number of piperidine rings is 1. The summed E-state index contributed by atoms with van der Waals surface area (Å²) in [6, 6.07) is 5.37. The summed E-state index contributed by atoms with van der Waals surface area (Å²) in [7, 11) is 3.70. The molecular weight excluding hydrogens is 242 g/mol. The van der Waals surface area contributed by atoms with Crippen LogP contribution in [0.4, 0.5) is 0 Å². The molecule has 1 fully saturated rings. The zero-order chi connectivity index (χ0) is 13.9. The summed E-state index contributed by atoms with van der Waals surface area (Å²) in [4.78, 5) is 13.4. The summed E-state index contributed by atoms with van der Waals surface area (Å²) in [5.41, 5.74) is 0.304. The van der Waals surface area contributed by atoms with E-state index in [-0.39, 0.29) is 5.60 Å². The highest BCUT2D eigenvalue weighted by molar-refractivity contribution is 5.81. The minimum Gasteiger partial charge on any atom is -0.493 e. The van der Waals surface area contributed by atoms with E-state index in [4.69, 9.17) is 9.47 Å². The fraction of sp³-hybridized carbons (Fsp3) is 0.533. The molecule has 0 amide bonds. The Labute approximate surface area is 114 Å². The first-order valence-corrected chi connectivity index (χ1v) is 6.58. The van der Waals surface area contributed by atoms with E-state index in [0.29, 0.717) is 17.1 Å². The van der Waals surface area contributed by atoms with Crippen molar-refractivity contribution in [1.82, 2.24) is 4.90 Å². The van der Waals surface area contributed by atoms with E-state index in [1.807, 2.05) is 6.07 Å². The van der Waals surface area contributed by atoms with Gasteiger partial charge in [0.05, 0.1) is 12.7 Å². The predicted molar refractivity (Wildman–Crippen MR) is 74.1 cm³/mol. The van der Waals surface area contributed by atoms with Crippen molar-refractivity contribution in [2.75, 3.05) is 27.2 Å². The Morgan fingerprint density at radius 1 is 1.32 bits per heavy atom. The van der Waals surface area contributed by atoms with Crippen molar-refractivity contribution >= 4 is 6.29 Å². The van der Waals surface area contributed by atoms with Gasteiger partial charge in [0.15, 0.2) is 17.8 Å². The van der Waals surface area contributed by atoms with Crippen molar-refractivity contribution in [2.45, 2.75) is 25.4 Å². The normalized spacial score (nSPS) is 18.9. The third kappa shape index (κ3) is 3.07. The summed E-state index contributed by atoms with van der Waals surface area (Å²) in [5, 5.41) is 0. The summed E-state index contributed by atoms with van der Waals surface area (Å²) in [5.74, 6) is 1.18. The van der Waals surface area contributed by atoms with E-state index in [1.54, 1.807) is 19.2 Å². The lowest BCUT2D eigenvalue weighted by Crippen LogP contribution is -2.44. The van der Waals surface area contributed by atoms with E-state index in [0.717, 1.165) is 32.2 Å². The zero-order valence-corrected chi connectivity index (χ0v) is 11.8. The van der Waals surface area contributed by atoms with Crippen LogP contribution in [0.5, 0.6) is 11.5 Å². The third-order valence-electron chi connectivity index (χ3n) is 3.75. The van der Waals surface area contributed by atoms with Gasteiger partial charge in [0, 0.05) is 13.1 Å². The highest BCUT2D eigenvalue weighted by Gasteiger charge is 2.32. The van der Waals surface area contributed by atoms with Crippen LogP contribution in [-0.4, -0.2) is 44.0 Å². The molecule has 0 aromatic heterocycles. The van der Waals surface area contributed by atoms with Crippen LogP contribution in [0.25, 0.3) is 0 Å². The van der Waals surface area contributed by atoms with Crippen LogP contribution in [0.15, 0.2) is 18.2 Å². The number of methoxy groups -OCH3 is 1. The second kappa shape index (κ2) is 5.61. The average molecular weight is 263 g/mol. The second-order valence-electron chi connectivity index (χ2n) is 5.35. The predicted octanol–water partition coefficient (Wildman–Crippen LogP) is 2.37. The molecule has 0 spiro atoms. The monoisotopic (exact) mass is 263 g/mol.